The first kappa shape index (κ1) is 20.1. The molecule has 0 aliphatic rings. The fraction of sp³-hybridized carbons (Fsp3) is 0.300. The minimum Gasteiger partial charge on any atom is -0.490 e. The van der Waals surface area contributed by atoms with Gasteiger partial charge in [-0.1, -0.05) is 0 Å². The summed E-state index contributed by atoms with van der Waals surface area (Å²) in [4.78, 5) is 23.1. The van der Waals surface area contributed by atoms with Gasteiger partial charge >= 0.3 is 0 Å². The topological polar surface area (TPSA) is 85.9 Å². The summed E-state index contributed by atoms with van der Waals surface area (Å²) < 4.78 is 16.5. The largest absolute Gasteiger partial charge is 0.490 e. The van der Waals surface area contributed by atoms with Gasteiger partial charge in [-0.05, 0) is 50.2 Å². The zero-order valence-electron chi connectivity index (χ0n) is 15.7. The summed E-state index contributed by atoms with van der Waals surface area (Å²) in [5.41, 5.74) is 1.26. The van der Waals surface area contributed by atoms with Gasteiger partial charge in [0.25, 0.3) is 5.91 Å². The van der Waals surface area contributed by atoms with E-state index in [1.165, 1.54) is 6.92 Å². The average Bonchev–Trinajstić information content (AvgIpc) is 2.63. The average molecular weight is 372 g/mol. The van der Waals surface area contributed by atoms with Crippen molar-refractivity contribution >= 4 is 23.2 Å². The predicted molar refractivity (Wildman–Crippen MR) is 104 cm³/mol. The van der Waals surface area contributed by atoms with Crippen molar-refractivity contribution < 1.29 is 23.8 Å². The highest BCUT2D eigenvalue weighted by atomic mass is 16.5. The number of amides is 2. The number of hydrogen-bond donors (Lipinski definition) is 2. The predicted octanol–water partition coefficient (Wildman–Crippen LogP) is 3.46. The van der Waals surface area contributed by atoms with Crippen molar-refractivity contribution in [1.82, 2.24) is 0 Å². The molecule has 0 radical (unpaired) electrons. The first-order valence-corrected chi connectivity index (χ1v) is 8.71. The zero-order chi connectivity index (χ0) is 19.6. The lowest BCUT2D eigenvalue weighted by atomic mass is 10.2. The number of benzene rings is 2. The van der Waals surface area contributed by atoms with Crippen molar-refractivity contribution in [2.75, 3.05) is 30.5 Å². The number of rotatable bonds is 9. The minimum absolute atomic E-state index is 0.142. The molecular weight excluding hydrogens is 348 g/mol. The molecule has 0 fully saturated rings. The van der Waals surface area contributed by atoms with Gasteiger partial charge in [-0.2, -0.15) is 0 Å². The standard InChI is InChI=1S/C20H24N2O5/c1-4-25-18-11-8-16(12-19(18)26-5-2)22-20(24)13-27-17-9-6-15(7-10-17)21-14(3)23/h6-12H,4-5,13H2,1-3H3,(H,21,23)(H,22,24). The van der Waals surface area contributed by atoms with Crippen molar-refractivity contribution in [3.8, 4) is 17.2 Å². The number of ether oxygens (including phenoxy) is 3. The smallest absolute Gasteiger partial charge is 0.262 e. The van der Waals surface area contributed by atoms with Crippen LogP contribution in [-0.4, -0.2) is 31.6 Å². The molecule has 0 aromatic heterocycles. The summed E-state index contributed by atoms with van der Waals surface area (Å²) in [6, 6.07) is 12.0. The van der Waals surface area contributed by atoms with E-state index in [2.05, 4.69) is 10.6 Å². The Balaban J connectivity index is 1.91. The molecule has 7 nitrogen and oxygen atoms in total. The Morgan fingerprint density at radius 2 is 1.44 bits per heavy atom. The molecular formula is C20H24N2O5. The van der Waals surface area contributed by atoms with Gasteiger partial charge in [-0.25, -0.2) is 0 Å². The Labute approximate surface area is 158 Å². The molecule has 0 spiro atoms. The van der Waals surface area contributed by atoms with Crippen molar-refractivity contribution in [2.24, 2.45) is 0 Å². The Morgan fingerprint density at radius 3 is 2.07 bits per heavy atom. The van der Waals surface area contributed by atoms with E-state index in [9.17, 15) is 9.59 Å². The molecule has 0 saturated heterocycles. The second-order valence-electron chi connectivity index (χ2n) is 5.57. The maximum atomic E-state index is 12.1. The van der Waals surface area contributed by atoms with Crippen molar-refractivity contribution in [1.29, 1.82) is 0 Å². The van der Waals surface area contributed by atoms with Crippen LogP contribution in [0.3, 0.4) is 0 Å². The quantitative estimate of drug-likeness (QED) is 0.704. The maximum absolute atomic E-state index is 12.1. The van der Waals surface area contributed by atoms with Crippen LogP contribution in [0.4, 0.5) is 11.4 Å². The van der Waals surface area contributed by atoms with Gasteiger partial charge in [0.2, 0.25) is 5.91 Å². The van der Waals surface area contributed by atoms with Gasteiger partial charge < -0.3 is 24.8 Å². The van der Waals surface area contributed by atoms with Gasteiger partial charge in [-0.15, -0.1) is 0 Å². The van der Waals surface area contributed by atoms with Crippen molar-refractivity contribution in [2.45, 2.75) is 20.8 Å². The van der Waals surface area contributed by atoms with Crippen LogP contribution in [0.5, 0.6) is 17.2 Å². The summed E-state index contributed by atoms with van der Waals surface area (Å²) in [7, 11) is 0. The molecule has 7 heteroatoms. The summed E-state index contributed by atoms with van der Waals surface area (Å²) >= 11 is 0. The molecule has 0 unspecified atom stereocenters. The van der Waals surface area contributed by atoms with Crippen LogP contribution in [0.15, 0.2) is 42.5 Å². The Hall–Kier alpha value is -3.22. The van der Waals surface area contributed by atoms with Gasteiger partial charge in [0.05, 0.1) is 13.2 Å². The molecule has 144 valence electrons. The molecule has 2 N–H and O–H groups in total. The third-order valence-electron chi connectivity index (χ3n) is 3.37. The normalized spacial score (nSPS) is 10.0. The van der Waals surface area contributed by atoms with Gasteiger partial charge in [0, 0.05) is 24.4 Å². The summed E-state index contributed by atoms with van der Waals surface area (Å²) in [6.07, 6.45) is 0. The van der Waals surface area contributed by atoms with Crippen molar-refractivity contribution in [3.63, 3.8) is 0 Å². The van der Waals surface area contributed by atoms with E-state index in [0.717, 1.165) is 0 Å². The molecule has 0 heterocycles. The summed E-state index contributed by atoms with van der Waals surface area (Å²) in [6.45, 7) is 6.09. The van der Waals surface area contributed by atoms with Crippen LogP contribution in [0.1, 0.15) is 20.8 Å². The molecule has 27 heavy (non-hydrogen) atoms. The lowest BCUT2D eigenvalue weighted by molar-refractivity contribution is -0.118. The molecule has 2 aromatic carbocycles. The third kappa shape index (κ3) is 6.54. The van der Waals surface area contributed by atoms with E-state index in [-0.39, 0.29) is 18.4 Å². The fourth-order valence-corrected chi connectivity index (χ4v) is 2.31. The minimum atomic E-state index is -0.299. The Kier molecular flexibility index (Phi) is 7.49. The van der Waals surface area contributed by atoms with E-state index in [0.29, 0.717) is 41.8 Å². The van der Waals surface area contributed by atoms with E-state index >= 15 is 0 Å². The zero-order valence-corrected chi connectivity index (χ0v) is 15.7. The lowest BCUT2D eigenvalue weighted by Crippen LogP contribution is -2.20. The van der Waals surface area contributed by atoms with Gasteiger partial charge in [-0.3, -0.25) is 9.59 Å². The van der Waals surface area contributed by atoms with Crippen LogP contribution in [0.25, 0.3) is 0 Å². The maximum Gasteiger partial charge on any atom is 0.262 e. The number of hydrogen-bond acceptors (Lipinski definition) is 5. The van der Waals surface area contributed by atoms with E-state index < -0.39 is 0 Å². The summed E-state index contributed by atoms with van der Waals surface area (Å²) in [5.74, 6) is 1.29. The SMILES string of the molecule is CCOc1ccc(NC(=O)COc2ccc(NC(C)=O)cc2)cc1OCC. The summed E-state index contributed by atoms with van der Waals surface area (Å²) in [5, 5.41) is 5.42. The van der Waals surface area contributed by atoms with Crippen LogP contribution in [0, 0.1) is 0 Å². The molecule has 0 bridgehead atoms. The molecule has 0 aliphatic carbocycles. The molecule has 2 aromatic rings. The fourth-order valence-electron chi connectivity index (χ4n) is 2.31. The third-order valence-corrected chi connectivity index (χ3v) is 3.37. The highest BCUT2D eigenvalue weighted by Crippen LogP contribution is 2.30. The first-order chi connectivity index (χ1) is 13.0. The monoisotopic (exact) mass is 372 g/mol. The molecule has 2 amide bonds. The highest BCUT2D eigenvalue weighted by molar-refractivity contribution is 5.92. The molecule has 0 saturated carbocycles. The van der Waals surface area contributed by atoms with Crippen LogP contribution in [0.2, 0.25) is 0 Å². The number of nitrogens with one attached hydrogen (secondary N) is 2. The van der Waals surface area contributed by atoms with Crippen LogP contribution in [-0.2, 0) is 9.59 Å². The van der Waals surface area contributed by atoms with E-state index in [4.69, 9.17) is 14.2 Å². The second-order valence-corrected chi connectivity index (χ2v) is 5.57. The number of carbonyl (C=O) groups is 2. The lowest BCUT2D eigenvalue weighted by Gasteiger charge is -2.13. The van der Waals surface area contributed by atoms with E-state index in [1.807, 2.05) is 13.8 Å². The molecule has 0 aliphatic heterocycles. The van der Waals surface area contributed by atoms with Crippen molar-refractivity contribution in [3.05, 3.63) is 42.5 Å². The van der Waals surface area contributed by atoms with Gasteiger partial charge in [0.1, 0.15) is 5.75 Å². The second kappa shape index (κ2) is 10.1. The number of anilines is 2. The Bertz CT molecular complexity index is 774. The van der Waals surface area contributed by atoms with Gasteiger partial charge in [0.15, 0.2) is 18.1 Å². The molecule has 2 rings (SSSR count). The number of carbonyl (C=O) groups excluding carboxylic acids is 2. The van der Waals surface area contributed by atoms with E-state index in [1.54, 1.807) is 42.5 Å². The molecule has 0 atom stereocenters. The highest BCUT2D eigenvalue weighted by Gasteiger charge is 2.09. The Morgan fingerprint density at radius 1 is 0.815 bits per heavy atom. The first-order valence-electron chi connectivity index (χ1n) is 8.71. The van der Waals surface area contributed by atoms with Crippen LogP contribution >= 0.6 is 0 Å². The van der Waals surface area contributed by atoms with Crippen LogP contribution < -0.4 is 24.8 Å².